The Balaban J connectivity index is 0.00000200. The third-order valence-corrected chi connectivity index (χ3v) is 2.88. The highest BCUT2D eigenvalue weighted by Gasteiger charge is 2.10. The number of carbonyl (C=O) groups excluding carboxylic acids is 1. The maximum absolute atomic E-state index is 11.9. The molecule has 110 valence electrons. The molecule has 0 radical (unpaired) electrons. The average Bonchev–Trinajstić information content (AvgIpc) is 2.73. The number of halogens is 1. The van der Waals surface area contributed by atoms with Crippen molar-refractivity contribution < 1.29 is 4.79 Å². The molecule has 0 saturated heterocycles. The first-order valence-corrected chi connectivity index (χ1v) is 6.10. The minimum Gasteiger partial charge on any atom is -0.353 e. The summed E-state index contributed by atoms with van der Waals surface area (Å²) in [6.07, 6.45) is 1.63. The van der Waals surface area contributed by atoms with Crippen molar-refractivity contribution in [2.24, 2.45) is 0 Å². The summed E-state index contributed by atoms with van der Waals surface area (Å²) in [5, 5.41) is 9.85. The Bertz CT molecular complexity index is 636. The quantitative estimate of drug-likeness (QED) is 0.790. The van der Waals surface area contributed by atoms with Gasteiger partial charge in [-0.05, 0) is 26.1 Å². The van der Waals surface area contributed by atoms with Gasteiger partial charge in [-0.25, -0.2) is 9.48 Å². The topological polar surface area (TPSA) is 80.4 Å². The van der Waals surface area contributed by atoms with Crippen LogP contribution in [0.25, 0.3) is 5.65 Å². The van der Waals surface area contributed by atoms with Gasteiger partial charge in [0, 0.05) is 18.8 Å². The summed E-state index contributed by atoms with van der Waals surface area (Å²) in [7, 11) is 1.82. The molecule has 2 heterocycles. The van der Waals surface area contributed by atoms with Gasteiger partial charge in [0.1, 0.15) is 6.54 Å². The first kappa shape index (κ1) is 16.2. The molecule has 1 atom stereocenters. The van der Waals surface area contributed by atoms with E-state index in [1.54, 1.807) is 24.4 Å². The Morgan fingerprint density at radius 3 is 2.85 bits per heavy atom. The Labute approximate surface area is 122 Å². The normalized spacial score (nSPS) is 11.9. The summed E-state index contributed by atoms with van der Waals surface area (Å²) in [6.45, 7) is 2.39. The molecule has 0 spiro atoms. The van der Waals surface area contributed by atoms with E-state index in [2.05, 4.69) is 15.7 Å². The molecule has 0 aliphatic heterocycles. The SMILES string of the molecule is CNC(C)CNC(=O)Cn1nc2ccccn2c1=O.Cl. The van der Waals surface area contributed by atoms with Gasteiger partial charge >= 0.3 is 5.69 Å². The number of pyridine rings is 1. The summed E-state index contributed by atoms with van der Waals surface area (Å²) in [5.74, 6) is -0.229. The predicted molar refractivity (Wildman–Crippen MR) is 78.2 cm³/mol. The molecule has 0 saturated carbocycles. The van der Waals surface area contributed by atoms with Gasteiger partial charge < -0.3 is 10.6 Å². The lowest BCUT2D eigenvalue weighted by atomic mass is 10.3. The van der Waals surface area contributed by atoms with E-state index in [9.17, 15) is 9.59 Å². The molecule has 2 N–H and O–H groups in total. The van der Waals surface area contributed by atoms with Crippen molar-refractivity contribution in [3.05, 3.63) is 34.9 Å². The van der Waals surface area contributed by atoms with Crippen LogP contribution in [0.3, 0.4) is 0 Å². The third kappa shape index (κ3) is 3.58. The zero-order chi connectivity index (χ0) is 13.8. The first-order chi connectivity index (χ1) is 9.11. The number of hydrogen-bond donors (Lipinski definition) is 2. The summed E-state index contributed by atoms with van der Waals surface area (Å²) in [4.78, 5) is 23.6. The van der Waals surface area contributed by atoms with Crippen LogP contribution in [-0.2, 0) is 11.3 Å². The number of carbonyl (C=O) groups is 1. The van der Waals surface area contributed by atoms with Crippen molar-refractivity contribution in [2.75, 3.05) is 13.6 Å². The zero-order valence-corrected chi connectivity index (χ0v) is 12.2. The zero-order valence-electron chi connectivity index (χ0n) is 11.4. The number of hydrogen-bond acceptors (Lipinski definition) is 4. The van der Waals surface area contributed by atoms with E-state index in [0.29, 0.717) is 12.2 Å². The third-order valence-electron chi connectivity index (χ3n) is 2.88. The van der Waals surface area contributed by atoms with Gasteiger partial charge in [-0.2, -0.15) is 0 Å². The Morgan fingerprint density at radius 1 is 1.45 bits per heavy atom. The maximum Gasteiger partial charge on any atom is 0.350 e. The Hall–Kier alpha value is -1.86. The minimum atomic E-state index is -0.313. The lowest BCUT2D eigenvalue weighted by molar-refractivity contribution is -0.121. The second-order valence-corrected chi connectivity index (χ2v) is 4.36. The van der Waals surface area contributed by atoms with Crippen LogP contribution in [0.2, 0.25) is 0 Å². The van der Waals surface area contributed by atoms with Crippen LogP contribution in [0.5, 0.6) is 0 Å². The summed E-state index contributed by atoms with van der Waals surface area (Å²) >= 11 is 0. The summed E-state index contributed by atoms with van der Waals surface area (Å²) in [6, 6.07) is 5.44. The minimum absolute atomic E-state index is 0. The highest BCUT2D eigenvalue weighted by Crippen LogP contribution is 1.94. The van der Waals surface area contributed by atoms with Gasteiger partial charge in [0.2, 0.25) is 5.91 Å². The molecule has 0 fully saturated rings. The molecular formula is C12H18ClN5O2. The number of rotatable bonds is 5. The molecule has 0 aliphatic rings. The molecule has 2 aromatic heterocycles. The van der Waals surface area contributed by atoms with Crippen molar-refractivity contribution >= 4 is 24.0 Å². The van der Waals surface area contributed by atoms with Gasteiger partial charge in [-0.3, -0.25) is 9.20 Å². The number of amides is 1. The summed E-state index contributed by atoms with van der Waals surface area (Å²) < 4.78 is 2.57. The number of nitrogens with one attached hydrogen (secondary N) is 2. The molecule has 7 nitrogen and oxygen atoms in total. The Kier molecular flexibility index (Phi) is 5.72. The van der Waals surface area contributed by atoms with Crippen LogP contribution in [0.1, 0.15) is 6.92 Å². The first-order valence-electron chi connectivity index (χ1n) is 6.10. The van der Waals surface area contributed by atoms with Crippen molar-refractivity contribution in [3.8, 4) is 0 Å². The van der Waals surface area contributed by atoms with E-state index >= 15 is 0 Å². The maximum atomic E-state index is 11.9. The van der Waals surface area contributed by atoms with Crippen LogP contribution < -0.4 is 16.3 Å². The molecule has 0 aliphatic carbocycles. The van der Waals surface area contributed by atoms with Crippen LogP contribution in [0.4, 0.5) is 0 Å². The average molecular weight is 300 g/mol. The lowest BCUT2D eigenvalue weighted by Crippen LogP contribution is -2.40. The fourth-order valence-corrected chi connectivity index (χ4v) is 1.63. The number of nitrogens with zero attached hydrogens (tertiary/aromatic N) is 3. The van der Waals surface area contributed by atoms with Gasteiger partial charge in [0.15, 0.2) is 5.65 Å². The molecule has 1 unspecified atom stereocenters. The van der Waals surface area contributed by atoms with Crippen molar-refractivity contribution in [1.29, 1.82) is 0 Å². The molecule has 8 heteroatoms. The Morgan fingerprint density at radius 2 is 2.20 bits per heavy atom. The second kappa shape index (κ2) is 7.06. The van der Waals surface area contributed by atoms with Gasteiger partial charge in [0.05, 0.1) is 0 Å². The summed E-state index contributed by atoms with van der Waals surface area (Å²) in [5.41, 5.74) is 0.219. The van der Waals surface area contributed by atoms with Crippen LogP contribution in [0, 0.1) is 0 Å². The standard InChI is InChI=1S/C12H17N5O2.ClH/c1-9(13-2)7-14-11(18)8-17-12(19)16-6-4-3-5-10(16)15-17;/h3-6,9,13H,7-8H2,1-2H3,(H,14,18);1H. The van der Waals surface area contributed by atoms with E-state index in [4.69, 9.17) is 0 Å². The molecule has 20 heavy (non-hydrogen) atoms. The largest absolute Gasteiger partial charge is 0.353 e. The fourth-order valence-electron chi connectivity index (χ4n) is 1.63. The van der Waals surface area contributed by atoms with Crippen molar-refractivity contribution in [2.45, 2.75) is 19.5 Å². The van der Waals surface area contributed by atoms with E-state index in [1.807, 2.05) is 14.0 Å². The highest BCUT2D eigenvalue weighted by molar-refractivity contribution is 5.85. The van der Waals surface area contributed by atoms with Crippen LogP contribution in [0.15, 0.2) is 29.2 Å². The van der Waals surface area contributed by atoms with E-state index in [0.717, 1.165) is 4.68 Å². The molecule has 1 amide bonds. The lowest BCUT2D eigenvalue weighted by Gasteiger charge is -2.10. The van der Waals surface area contributed by atoms with Gasteiger partial charge in [-0.1, -0.05) is 6.07 Å². The number of fused-ring (bicyclic) bond motifs is 1. The van der Waals surface area contributed by atoms with E-state index in [-0.39, 0.29) is 36.6 Å². The number of likely N-dealkylation sites (N-methyl/N-ethyl adjacent to an activating group) is 1. The monoisotopic (exact) mass is 299 g/mol. The van der Waals surface area contributed by atoms with Crippen LogP contribution >= 0.6 is 12.4 Å². The van der Waals surface area contributed by atoms with E-state index in [1.165, 1.54) is 4.40 Å². The number of aromatic nitrogens is 3. The molecule has 2 rings (SSSR count). The molecular weight excluding hydrogens is 282 g/mol. The van der Waals surface area contributed by atoms with Crippen LogP contribution in [-0.4, -0.2) is 39.7 Å². The highest BCUT2D eigenvalue weighted by atomic mass is 35.5. The molecule has 0 bridgehead atoms. The molecule has 2 aromatic rings. The fraction of sp³-hybridized carbons (Fsp3) is 0.417. The molecule has 0 aromatic carbocycles. The predicted octanol–water partition coefficient (Wildman–Crippen LogP) is -0.358. The van der Waals surface area contributed by atoms with E-state index < -0.39 is 0 Å². The van der Waals surface area contributed by atoms with Crippen molar-refractivity contribution in [1.82, 2.24) is 24.8 Å². The van der Waals surface area contributed by atoms with Gasteiger partial charge in [-0.15, -0.1) is 17.5 Å². The van der Waals surface area contributed by atoms with Crippen molar-refractivity contribution in [3.63, 3.8) is 0 Å². The smallest absolute Gasteiger partial charge is 0.350 e. The van der Waals surface area contributed by atoms with Gasteiger partial charge in [0.25, 0.3) is 0 Å². The second-order valence-electron chi connectivity index (χ2n) is 4.36.